The molecule has 2 aromatic rings. The molecular weight excluding hydrogens is 332 g/mol. The summed E-state index contributed by atoms with van der Waals surface area (Å²) in [5.41, 5.74) is 4.31. The lowest BCUT2D eigenvalue weighted by Gasteiger charge is -2.10. The molecule has 126 valence electrons. The van der Waals surface area contributed by atoms with Gasteiger partial charge in [0.05, 0.1) is 5.71 Å². The van der Waals surface area contributed by atoms with E-state index in [2.05, 4.69) is 15.8 Å². The third-order valence-electron chi connectivity index (χ3n) is 3.26. The highest BCUT2D eigenvalue weighted by Crippen LogP contribution is 2.19. The smallest absolute Gasteiger partial charge is 0.187 e. The molecule has 0 bridgehead atoms. The summed E-state index contributed by atoms with van der Waals surface area (Å²) in [4.78, 5) is 0. The van der Waals surface area contributed by atoms with Crippen LogP contribution in [0.2, 0.25) is 0 Å². The molecule has 24 heavy (non-hydrogen) atoms. The molecule has 0 aliphatic rings. The molecule has 7 heteroatoms. The summed E-state index contributed by atoms with van der Waals surface area (Å²) in [5.74, 6) is -0.809. The van der Waals surface area contributed by atoms with Gasteiger partial charge in [0.15, 0.2) is 5.11 Å². The SMILES string of the molecule is CC/C(=N\NC(=S)NCc1ccc(F)cc1)c1cc(F)ccc1O. The Balaban J connectivity index is 1.98. The van der Waals surface area contributed by atoms with Crippen LogP contribution in [-0.2, 0) is 6.54 Å². The molecule has 0 aliphatic carbocycles. The standard InChI is InChI=1S/C17H17F2N3OS/c1-2-15(14-9-13(19)7-8-16(14)23)21-22-17(24)20-10-11-3-5-12(18)6-4-11/h3-9,23H,2,10H2,1H3,(H2,20,22,24)/b21-15+. The van der Waals surface area contributed by atoms with Crippen LogP contribution in [-0.4, -0.2) is 15.9 Å². The Kier molecular flexibility index (Phi) is 6.20. The van der Waals surface area contributed by atoms with Gasteiger partial charge in [-0.1, -0.05) is 19.1 Å². The summed E-state index contributed by atoms with van der Waals surface area (Å²) < 4.78 is 26.2. The molecule has 0 saturated heterocycles. The van der Waals surface area contributed by atoms with Crippen molar-refractivity contribution in [2.75, 3.05) is 0 Å². The molecule has 0 radical (unpaired) electrons. The number of hydrazone groups is 1. The average molecular weight is 349 g/mol. The fourth-order valence-electron chi connectivity index (χ4n) is 2.01. The fourth-order valence-corrected chi connectivity index (χ4v) is 2.13. The summed E-state index contributed by atoms with van der Waals surface area (Å²) >= 11 is 5.11. The van der Waals surface area contributed by atoms with E-state index in [9.17, 15) is 13.9 Å². The van der Waals surface area contributed by atoms with Gasteiger partial charge in [0.25, 0.3) is 0 Å². The number of nitrogens with zero attached hydrogens (tertiary/aromatic N) is 1. The van der Waals surface area contributed by atoms with Gasteiger partial charge in [0.2, 0.25) is 0 Å². The van der Waals surface area contributed by atoms with Gasteiger partial charge < -0.3 is 10.4 Å². The first kappa shape index (κ1) is 17.8. The number of hydrogen-bond donors (Lipinski definition) is 3. The molecule has 0 aliphatic heterocycles. The van der Waals surface area contributed by atoms with Crippen LogP contribution in [0.1, 0.15) is 24.5 Å². The van der Waals surface area contributed by atoms with Gasteiger partial charge in [-0.05, 0) is 54.5 Å². The lowest BCUT2D eigenvalue weighted by molar-refractivity contribution is 0.471. The third kappa shape index (κ3) is 4.99. The molecule has 2 rings (SSSR count). The number of nitrogens with one attached hydrogen (secondary N) is 2. The van der Waals surface area contributed by atoms with Crippen LogP contribution in [0.25, 0.3) is 0 Å². The largest absolute Gasteiger partial charge is 0.507 e. The van der Waals surface area contributed by atoms with Crippen molar-refractivity contribution < 1.29 is 13.9 Å². The number of phenolic OH excluding ortho intramolecular Hbond substituents is 1. The number of aromatic hydroxyl groups is 1. The van der Waals surface area contributed by atoms with Crippen LogP contribution < -0.4 is 10.7 Å². The molecule has 4 nitrogen and oxygen atoms in total. The highest BCUT2D eigenvalue weighted by atomic mass is 32.1. The second-order valence-electron chi connectivity index (χ2n) is 4.99. The van der Waals surface area contributed by atoms with E-state index in [1.54, 1.807) is 12.1 Å². The Bertz CT molecular complexity index is 748. The Morgan fingerprint density at radius 3 is 2.46 bits per heavy atom. The minimum absolute atomic E-state index is 0.0519. The van der Waals surface area contributed by atoms with Crippen LogP contribution in [0.15, 0.2) is 47.6 Å². The van der Waals surface area contributed by atoms with Gasteiger partial charge >= 0.3 is 0 Å². The van der Waals surface area contributed by atoms with E-state index in [0.717, 1.165) is 5.56 Å². The minimum Gasteiger partial charge on any atom is -0.507 e. The second kappa shape index (κ2) is 8.35. The van der Waals surface area contributed by atoms with Gasteiger partial charge in [-0.15, -0.1) is 0 Å². The van der Waals surface area contributed by atoms with Crippen molar-refractivity contribution in [3.63, 3.8) is 0 Å². The Hall–Kier alpha value is -2.54. The predicted molar refractivity (Wildman–Crippen MR) is 93.9 cm³/mol. The van der Waals surface area contributed by atoms with Crippen molar-refractivity contribution in [3.05, 3.63) is 65.2 Å². The average Bonchev–Trinajstić information content (AvgIpc) is 2.58. The molecule has 0 unspecified atom stereocenters. The summed E-state index contributed by atoms with van der Waals surface area (Å²) in [6.07, 6.45) is 0.477. The van der Waals surface area contributed by atoms with Crippen LogP contribution in [0, 0.1) is 11.6 Å². The molecule has 0 aromatic heterocycles. The van der Waals surface area contributed by atoms with Crippen LogP contribution in [0.3, 0.4) is 0 Å². The summed E-state index contributed by atoms with van der Waals surface area (Å²) in [7, 11) is 0. The molecule has 2 aromatic carbocycles. The van der Waals surface area contributed by atoms with E-state index in [1.165, 1.54) is 30.3 Å². The zero-order valence-electron chi connectivity index (χ0n) is 13.0. The maximum Gasteiger partial charge on any atom is 0.187 e. The number of halogens is 2. The maximum absolute atomic E-state index is 13.3. The normalized spacial score (nSPS) is 11.2. The maximum atomic E-state index is 13.3. The van der Waals surface area contributed by atoms with Gasteiger partial charge in [-0.2, -0.15) is 5.10 Å². The van der Waals surface area contributed by atoms with E-state index in [-0.39, 0.29) is 16.7 Å². The number of benzene rings is 2. The molecule has 0 atom stereocenters. The molecule has 0 amide bonds. The van der Waals surface area contributed by atoms with Crippen molar-refractivity contribution in [1.29, 1.82) is 0 Å². The molecule has 0 heterocycles. The van der Waals surface area contributed by atoms with E-state index < -0.39 is 5.82 Å². The Morgan fingerprint density at radius 1 is 1.12 bits per heavy atom. The summed E-state index contributed by atoms with van der Waals surface area (Å²) in [6.45, 7) is 2.24. The lowest BCUT2D eigenvalue weighted by Crippen LogP contribution is -2.32. The summed E-state index contributed by atoms with van der Waals surface area (Å²) in [6, 6.07) is 9.71. The van der Waals surface area contributed by atoms with Crippen molar-refractivity contribution >= 4 is 23.0 Å². The summed E-state index contributed by atoms with van der Waals surface area (Å²) in [5, 5.41) is 17.1. The zero-order chi connectivity index (χ0) is 17.5. The Morgan fingerprint density at radius 2 is 1.79 bits per heavy atom. The van der Waals surface area contributed by atoms with Crippen molar-refractivity contribution in [2.45, 2.75) is 19.9 Å². The number of thiocarbonyl (C=S) groups is 1. The molecule has 0 fully saturated rings. The first-order chi connectivity index (χ1) is 11.5. The quantitative estimate of drug-likeness (QED) is 0.440. The van der Waals surface area contributed by atoms with E-state index in [1.807, 2.05) is 6.92 Å². The van der Waals surface area contributed by atoms with Gasteiger partial charge in [0.1, 0.15) is 17.4 Å². The number of phenols is 1. The monoisotopic (exact) mass is 349 g/mol. The van der Waals surface area contributed by atoms with Gasteiger partial charge in [-0.3, -0.25) is 5.43 Å². The topological polar surface area (TPSA) is 56.7 Å². The third-order valence-corrected chi connectivity index (χ3v) is 3.50. The van der Waals surface area contributed by atoms with Crippen LogP contribution >= 0.6 is 12.2 Å². The predicted octanol–water partition coefficient (Wildman–Crippen LogP) is 3.45. The highest BCUT2D eigenvalue weighted by molar-refractivity contribution is 7.80. The molecule has 0 saturated carbocycles. The van der Waals surface area contributed by atoms with E-state index in [4.69, 9.17) is 12.2 Å². The van der Waals surface area contributed by atoms with Crippen LogP contribution in [0.4, 0.5) is 8.78 Å². The van der Waals surface area contributed by atoms with Crippen molar-refractivity contribution in [3.8, 4) is 5.75 Å². The van der Waals surface area contributed by atoms with Crippen LogP contribution in [0.5, 0.6) is 5.75 Å². The lowest BCUT2D eigenvalue weighted by atomic mass is 10.1. The first-order valence-electron chi connectivity index (χ1n) is 7.33. The van der Waals surface area contributed by atoms with Gasteiger partial charge in [0, 0.05) is 12.1 Å². The van der Waals surface area contributed by atoms with E-state index >= 15 is 0 Å². The number of hydrogen-bond acceptors (Lipinski definition) is 3. The zero-order valence-corrected chi connectivity index (χ0v) is 13.8. The van der Waals surface area contributed by atoms with Gasteiger partial charge in [-0.25, -0.2) is 8.78 Å². The van der Waals surface area contributed by atoms with Crippen molar-refractivity contribution in [1.82, 2.24) is 10.7 Å². The molecular formula is C17H17F2N3OS. The Labute approximate surface area is 144 Å². The highest BCUT2D eigenvalue weighted by Gasteiger charge is 2.09. The first-order valence-corrected chi connectivity index (χ1v) is 7.74. The van der Waals surface area contributed by atoms with Crippen molar-refractivity contribution in [2.24, 2.45) is 5.10 Å². The fraction of sp³-hybridized carbons (Fsp3) is 0.176. The minimum atomic E-state index is -0.457. The number of rotatable bonds is 5. The molecule has 0 spiro atoms. The molecule has 3 N–H and O–H groups in total. The van der Waals surface area contributed by atoms with E-state index in [0.29, 0.717) is 24.2 Å². The second-order valence-corrected chi connectivity index (χ2v) is 5.40.